The quantitative estimate of drug-likeness (QED) is 0.712. The lowest BCUT2D eigenvalue weighted by Gasteiger charge is -2.08. The average molecular weight is 195 g/mol. The van der Waals surface area contributed by atoms with Crippen LogP contribution in [-0.4, -0.2) is 13.1 Å². The lowest BCUT2D eigenvalue weighted by molar-refractivity contribution is 0.502. The third-order valence-corrected chi connectivity index (χ3v) is 3.56. The van der Waals surface area contributed by atoms with Crippen LogP contribution in [0, 0.1) is 5.41 Å². The van der Waals surface area contributed by atoms with Gasteiger partial charge < -0.3 is 5.32 Å². The van der Waals surface area contributed by atoms with Crippen molar-refractivity contribution in [2.75, 3.05) is 13.1 Å². The SMILES string of the molecule is CC1(CNCCc2ccsc2)CC1. The fourth-order valence-corrected chi connectivity index (χ4v) is 2.15. The molecule has 0 amide bonds. The summed E-state index contributed by atoms with van der Waals surface area (Å²) < 4.78 is 0. The van der Waals surface area contributed by atoms with Crippen LogP contribution in [0.25, 0.3) is 0 Å². The Morgan fingerprint density at radius 1 is 1.54 bits per heavy atom. The Morgan fingerprint density at radius 2 is 2.38 bits per heavy atom. The van der Waals surface area contributed by atoms with Crippen LogP contribution in [0.5, 0.6) is 0 Å². The normalized spacial score (nSPS) is 18.8. The van der Waals surface area contributed by atoms with Crippen molar-refractivity contribution in [2.45, 2.75) is 26.2 Å². The Kier molecular flexibility index (Phi) is 2.70. The highest BCUT2D eigenvalue weighted by Gasteiger charge is 2.36. The summed E-state index contributed by atoms with van der Waals surface area (Å²) in [5.74, 6) is 0. The molecule has 0 aromatic carbocycles. The molecule has 0 aliphatic heterocycles. The summed E-state index contributed by atoms with van der Waals surface area (Å²) in [6, 6.07) is 2.21. The zero-order valence-corrected chi connectivity index (χ0v) is 8.99. The van der Waals surface area contributed by atoms with Crippen molar-refractivity contribution in [3.8, 4) is 0 Å². The number of thiophene rings is 1. The monoisotopic (exact) mass is 195 g/mol. The van der Waals surface area contributed by atoms with E-state index in [1.807, 2.05) is 0 Å². The van der Waals surface area contributed by atoms with Gasteiger partial charge in [0, 0.05) is 6.54 Å². The van der Waals surface area contributed by atoms with Gasteiger partial charge in [-0.05, 0) is 53.6 Å². The molecule has 0 radical (unpaired) electrons. The molecule has 1 fully saturated rings. The van der Waals surface area contributed by atoms with Crippen LogP contribution >= 0.6 is 11.3 Å². The number of hydrogen-bond donors (Lipinski definition) is 1. The summed E-state index contributed by atoms with van der Waals surface area (Å²) in [6.45, 7) is 4.70. The highest BCUT2D eigenvalue weighted by molar-refractivity contribution is 7.07. The molecule has 1 aromatic rings. The maximum absolute atomic E-state index is 3.53. The van der Waals surface area contributed by atoms with Gasteiger partial charge in [0.2, 0.25) is 0 Å². The highest BCUT2D eigenvalue weighted by Crippen LogP contribution is 2.43. The fraction of sp³-hybridized carbons (Fsp3) is 0.636. The van der Waals surface area contributed by atoms with Crippen LogP contribution in [0.15, 0.2) is 16.8 Å². The van der Waals surface area contributed by atoms with Gasteiger partial charge in [-0.25, -0.2) is 0 Å². The maximum atomic E-state index is 3.53. The first-order valence-corrected chi connectivity index (χ1v) is 5.95. The average Bonchev–Trinajstić information content (AvgIpc) is 2.69. The van der Waals surface area contributed by atoms with E-state index in [1.54, 1.807) is 11.3 Å². The van der Waals surface area contributed by atoms with Crippen LogP contribution in [-0.2, 0) is 6.42 Å². The summed E-state index contributed by atoms with van der Waals surface area (Å²) >= 11 is 1.79. The van der Waals surface area contributed by atoms with Gasteiger partial charge in [-0.15, -0.1) is 0 Å². The smallest absolute Gasteiger partial charge is 0.000530 e. The Hall–Kier alpha value is -0.340. The molecule has 0 unspecified atom stereocenters. The lowest BCUT2D eigenvalue weighted by Crippen LogP contribution is -2.24. The van der Waals surface area contributed by atoms with Crippen molar-refractivity contribution in [1.29, 1.82) is 0 Å². The second kappa shape index (κ2) is 3.81. The number of nitrogens with one attached hydrogen (secondary N) is 1. The van der Waals surface area contributed by atoms with Gasteiger partial charge in [0.15, 0.2) is 0 Å². The highest BCUT2D eigenvalue weighted by atomic mass is 32.1. The minimum atomic E-state index is 0.647. The van der Waals surface area contributed by atoms with E-state index < -0.39 is 0 Å². The van der Waals surface area contributed by atoms with Gasteiger partial charge in [-0.2, -0.15) is 11.3 Å². The van der Waals surface area contributed by atoms with E-state index >= 15 is 0 Å². The van der Waals surface area contributed by atoms with E-state index in [0.717, 1.165) is 6.54 Å². The Morgan fingerprint density at radius 3 is 3.00 bits per heavy atom. The van der Waals surface area contributed by atoms with Crippen LogP contribution in [0.4, 0.5) is 0 Å². The molecule has 1 nitrogen and oxygen atoms in total. The van der Waals surface area contributed by atoms with E-state index in [4.69, 9.17) is 0 Å². The molecule has 0 spiro atoms. The van der Waals surface area contributed by atoms with E-state index in [-0.39, 0.29) is 0 Å². The molecule has 1 aromatic heterocycles. The molecule has 72 valence electrons. The standard InChI is InChI=1S/C11H17NS/c1-11(4-5-11)9-12-6-2-10-3-7-13-8-10/h3,7-8,12H,2,4-6,9H2,1H3. The maximum Gasteiger partial charge on any atom is 0.000530 e. The van der Waals surface area contributed by atoms with Gasteiger partial charge in [0.05, 0.1) is 0 Å². The predicted octanol–water partition coefficient (Wildman–Crippen LogP) is 2.68. The van der Waals surface area contributed by atoms with E-state index in [9.17, 15) is 0 Å². The van der Waals surface area contributed by atoms with Crippen molar-refractivity contribution in [3.63, 3.8) is 0 Å². The summed E-state index contributed by atoms with van der Waals surface area (Å²) in [5, 5.41) is 7.92. The summed E-state index contributed by atoms with van der Waals surface area (Å²) in [7, 11) is 0. The third-order valence-electron chi connectivity index (χ3n) is 2.83. The van der Waals surface area contributed by atoms with Crippen molar-refractivity contribution in [1.82, 2.24) is 5.32 Å². The van der Waals surface area contributed by atoms with Gasteiger partial charge in [-0.3, -0.25) is 0 Å². The van der Waals surface area contributed by atoms with Gasteiger partial charge in [0.25, 0.3) is 0 Å². The minimum Gasteiger partial charge on any atom is -0.316 e. The molecule has 1 aliphatic carbocycles. The molecule has 1 aliphatic rings. The third kappa shape index (κ3) is 2.82. The van der Waals surface area contributed by atoms with E-state index in [2.05, 4.69) is 29.1 Å². The molecule has 2 rings (SSSR count). The Balaban J connectivity index is 1.59. The number of hydrogen-bond acceptors (Lipinski definition) is 2. The second-order valence-corrected chi connectivity index (χ2v) is 5.15. The Bertz CT molecular complexity index is 249. The summed E-state index contributed by atoms with van der Waals surface area (Å²) in [6.07, 6.45) is 4.01. The molecular formula is C11H17NS. The van der Waals surface area contributed by atoms with Crippen LogP contribution in [0.3, 0.4) is 0 Å². The summed E-state index contributed by atoms with van der Waals surface area (Å²) in [4.78, 5) is 0. The second-order valence-electron chi connectivity index (χ2n) is 4.37. The molecule has 1 saturated carbocycles. The van der Waals surface area contributed by atoms with Crippen molar-refractivity contribution in [2.24, 2.45) is 5.41 Å². The first-order valence-electron chi connectivity index (χ1n) is 5.00. The molecule has 1 N–H and O–H groups in total. The number of rotatable bonds is 5. The molecule has 0 bridgehead atoms. The molecule has 0 saturated heterocycles. The molecule has 2 heteroatoms. The van der Waals surface area contributed by atoms with Gasteiger partial charge >= 0.3 is 0 Å². The minimum absolute atomic E-state index is 0.647. The lowest BCUT2D eigenvalue weighted by atomic mass is 10.1. The molecule has 1 heterocycles. The van der Waals surface area contributed by atoms with Gasteiger partial charge in [0.1, 0.15) is 0 Å². The van der Waals surface area contributed by atoms with Crippen LogP contribution in [0.2, 0.25) is 0 Å². The first kappa shape index (κ1) is 9.22. The van der Waals surface area contributed by atoms with Crippen molar-refractivity contribution in [3.05, 3.63) is 22.4 Å². The van der Waals surface area contributed by atoms with E-state index in [0.29, 0.717) is 5.41 Å². The summed E-state index contributed by atoms with van der Waals surface area (Å²) in [5.41, 5.74) is 2.12. The Labute approximate surface area is 84.2 Å². The largest absolute Gasteiger partial charge is 0.316 e. The zero-order valence-electron chi connectivity index (χ0n) is 8.18. The van der Waals surface area contributed by atoms with Crippen LogP contribution in [0.1, 0.15) is 25.3 Å². The predicted molar refractivity (Wildman–Crippen MR) is 58.2 cm³/mol. The molecule has 13 heavy (non-hydrogen) atoms. The molecule has 0 atom stereocenters. The zero-order chi connectivity index (χ0) is 9.15. The van der Waals surface area contributed by atoms with Crippen molar-refractivity contribution >= 4 is 11.3 Å². The van der Waals surface area contributed by atoms with E-state index in [1.165, 1.54) is 31.4 Å². The van der Waals surface area contributed by atoms with Crippen molar-refractivity contribution < 1.29 is 0 Å². The molecular weight excluding hydrogens is 178 g/mol. The van der Waals surface area contributed by atoms with Gasteiger partial charge in [-0.1, -0.05) is 6.92 Å². The first-order chi connectivity index (χ1) is 6.29. The fourth-order valence-electron chi connectivity index (χ4n) is 1.45. The van der Waals surface area contributed by atoms with Crippen LogP contribution < -0.4 is 5.32 Å². The topological polar surface area (TPSA) is 12.0 Å².